The van der Waals surface area contributed by atoms with Crippen molar-refractivity contribution in [1.82, 2.24) is 9.88 Å². The van der Waals surface area contributed by atoms with Gasteiger partial charge in [-0.3, -0.25) is 9.78 Å². The summed E-state index contributed by atoms with van der Waals surface area (Å²) in [5, 5.41) is 10.9. The largest absolute Gasteiger partial charge is 0.381 e. The van der Waals surface area contributed by atoms with Gasteiger partial charge in [0.2, 0.25) is 0 Å². The number of hydrogen-bond donors (Lipinski definition) is 0. The maximum absolute atomic E-state index is 13.3. The van der Waals surface area contributed by atoms with Crippen LogP contribution in [0.2, 0.25) is 0 Å². The Morgan fingerprint density at radius 1 is 1.33 bits per heavy atom. The number of allylic oxidation sites excluding steroid dienone is 4. The number of nitrogens with zero attached hydrogens (tertiary/aromatic N) is 3. The van der Waals surface area contributed by atoms with Gasteiger partial charge in [-0.05, 0) is 37.8 Å². The maximum Gasteiger partial charge on any atom is 0.256 e. The molecule has 0 bridgehead atoms. The molecule has 3 aliphatic rings. The van der Waals surface area contributed by atoms with Gasteiger partial charge >= 0.3 is 0 Å². The smallest absolute Gasteiger partial charge is 0.256 e. The van der Waals surface area contributed by atoms with Crippen molar-refractivity contribution in [2.24, 2.45) is 0 Å². The third kappa shape index (κ3) is 3.16. The van der Waals surface area contributed by atoms with E-state index in [0.29, 0.717) is 58.6 Å². The molecular formula is C20H19Cl2N3O2. The summed E-state index contributed by atoms with van der Waals surface area (Å²) >= 11 is 12.6. The minimum atomic E-state index is -0.252. The topological polar surface area (TPSA) is 66.2 Å². The average molecular weight is 404 g/mol. The normalized spacial score (nSPS) is 23.0. The summed E-state index contributed by atoms with van der Waals surface area (Å²) in [6.07, 6.45) is 5.76. The molecule has 1 aliphatic carbocycles. The zero-order valence-electron chi connectivity index (χ0n) is 15.0. The number of amides is 1. The van der Waals surface area contributed by atoms with Crippen LogP contribution in [0.25, 0.3) is 0 Å². The zero-order chi connectivity index (χ0) is 19.1. The van der Waals surface area contributed by atoms with E-state index in [1.807, 2.05) is 17.9 Å². The predicted molar refractivity (Wildman–Crippen MR) is 103 cm³/mol. The molecule has 0 spiro atoms. The molecule has 27 heavy (non-hydrogen) atoms. The minimum Gasteiger partial charge on any atom is -0.381 e. The minimum absolute atomic E-state index is 0.0546. The van der Waals surface area contributed by atoms with E-state index < -0.39 is 0 Å². The quantitative estimate of drug-likeness (QED) is 0.744. The second kappa shape index (κ2) is 7.27. The Hall–Kier alpha value is -1.87. The summed E-state index contributed by atoms with van der Waals surface area (Å²) < 4.78 is 5.43. The number of ether oxygens (including phenoxy) is 1. The number of pyridine rings is 1. The summed E-state index contributed by atoms with van der Waals surface area (Å²) in [5.41, 5.74) is 3.06. The Balaban J connectivity index is 1.81. The van der Waals surface area contributed by atoms with Crippen molar-refractivity contribution in [3.8, 4) is 6.07 Å². The van der Waals surface area contributed by atoms with E-state index in [4.69, 9.17) is 27.9 Å². The van der Waals surface area contributed by atoms with Crippen molar-refractivity contribution in [3.63, 3.8) is 0 Å². The fraction of sp³-hybridized carbons (Fsp3) is 0.450. The zero-order valence-corrected chi connectivity index (χ0v) is 16.5. The van der Waals surface area contributed by atoms with Gasteiger partial charge in [0.25, 0.3) is 5.91 Å². The lowest BCUT2D eigenvalue weighted by atomic mass is 9.85. The fourth-order valence-corrected chi connectivity index (χ4v) is 4.77. The van der Waals surface area contributed by atoms with Gasteiger partial charge in [-0.2, -0.15) is 5.26 Å². The molecule has 140 valence electrons. The van der Waals surface area contributed by atoms with E-state index in [0.717, 1.165) is 18.5 Å². The highest BCUT2D eigenvalue weighted by Crippen LogP contribution is 2.43. The molecule has 0 N–H and O–H groups in total. The maximum atomic E-state index is 13.3. The van der Waals surface area contributed by atoms with E-state index in [1.54, 1.807) is 6.08 Å². The van der Waals surface area contributed by atoms with Crippen LogP contribution in [0.15, 0.2) is 22.2 Å². The molecule has 0 radical (unpaired) electrons. The van der Waals surface area contributed by atoms with Crippen LogP contribution in [0.5, 0.6) is 0 Å². The van der Waals surface area contributed by atoms with Gasteiger partial charge in [-0.1, -0.05) is 29.3 Å². The fourth-order valence-electron chi connectivity index (χ4n) is 4.19. The molecular weight excluding hydrogens is 385 g/mol. The van der Waals surface area contributed by atoms with E-state index in [-0.39, 0.29) is 17.9 Å². The number of carbonyl (C=O) groups excluding carboxylic acids is 1. The van der Waals surface area contributed by atoms with Gasteiger partial charge in [0, 0.05) is 35.2 Å². The summed E-state index contributed by atoms with van der Waals surface area (Å²) in [6.45, 7) is 3.61. The molecule has 5 nitrogen and oxygen atoms in total. The van der Waals surface area contributed by atoms with Gasteiger partial charge in [-0.25, -0.2) is 0 Å². The highest BCUT2D eigenvalue weighted by atomic mass is 35.5. The first-order valence-corrected chi connectivity index (χ1v) is 9.81. The summed E-state index contributed by atoms with van der Waals surface area (Å²) in [6, 6.07) is 2.39. The van der Waals surface area contributed by atoms with Gasteiger partial charge in [0.15, 0.2) is 0 Å². The Bertz CT molecular complexity index is 911. The number of fused-ring (bicyclic) bond motifs is 1. The first-order valence-electron chi connectivity index (χ1n) is 9.06. The molecule has 7 heteroatoms. The predicted octanol–water partition coefficient (Wildman–Crippen LogP) is 4.13. The Morgan fingerprint density at radius 2 is 2.07 bits per heavy atom. The van der Waals surface area contributed by atoms with Crippen molar-refractivity contribution < 1.29 is 9.53 Å². The van der Waals surface area contributed by atoms with Crippen molar-refractivity contribution in [1.29, 1.82) is 5.26 Å². The highest BCUT2D eigenvalue weighted by molar-refractivity contribution is 6.35. The first-order chi connectivity index (χ1) is 13.0. The van der Waals surface area contributed by atoms with Gasteiger partial charge in [-0.15, -0.1) is 0 Å². The van der Waals surface area contributed by atoms with Gasteiger partial charge in [0.05, 0.1) is 29.1 Å². The molecule has 1 fully saturated rings. The van der Waals surface area contributed by atoms with E-state index in [1.165, 1.54) is 0 Å². The third-order valence-corrected chi connectivity index (χ3v) is 6.17. The number of nitriles is 1. The average Bonchev–Trinajstić information content (AvgIpc) is 2.98. The standard InChI is InChI=1S/C20H19Cl2N3O2/c1-11-15(9-23)18(14-3-2-12(21)8-16(14)22)19-17(24-11)10-25(20(19)26)13-4-6-27-7-5-13/h2,8,13-14H,3-7,10H2,1H3/t14-/m1/s1. The van der Waals surface area contributed by atoms with Gasteiger partial charge in [0.1, 0.15) is 6.07 Å². The van der Waals surface area contributed by atoms with Crippen molar-refractivity contribution in [3.05, 3.63) is 50.3 Å². The van der Waals surface area contributed by atoms with Crippen molar-refractivity contribution in [2.75, 3.05) is 13.2 Å². The Labute approximate surface area is 168 Å². The van der Waals surface area contributed by atoms with Crippen LogP contribution < -0.4 is 0 Å². The second-order valence-corrected chi connectivity index (χ2v) is 7.98. The molecule has 1 saturated heterocycles. The lowest BCUT2D eigenvalue weighted by molar-refractivity contribution is 0.0301. The van der Waals surface area contributed by atoms with Crippen molar-refractivity contribution in [2.45, 2.75) is 44.7 Å². The molecule has 2 aliphatic heterocycles. The van der Waals surface area contributed by atoms with Crippen LogP contribution in [0, 0.1) is 18.3 Å². The molecule has 0 aromatic carbocycles. The van der Waals surface area contributed by atoms with Crippen LogP contribution in [0.3, 0.4) is 0 Å². The number of rotatable bonds is 2. The molecule has 0 unspecified atom stereocenters. The lowest BCUT2D eigenvalue weighted by Gasteiger charge is -2.31. The SMILES string of the molecule is Cc1nc2c(c([C@@H]3CC=C(Cl)C=C3Cl)c1C#N)C(=O)N(C1CCOCC1)C2. The molecule has 1 aromatic heterocycles. The van der Waals surface area contributed by atoms with Crippen LogP contribution in [0.4, 0.5) is 0 Å². The number of aryl methyl sites for hydroxylation is 1. The van der Waals surface area contributed by atoms with Crippen LogP contribution in [-0.2, 0) is 11.3 Å². The number of carbonyl (C=O) groups is 1. The van der Waals surface area contributed by atoms with Crippen LogP contribution in [-0.4, -0.2) is 35.0 Å². The number of aromatic nitrogens is 1. The summed E-state index contributed by atoms with van der Waals surface area (Å²) in [5.74, 6) is -0.307. The Kier molecular flexibility index (Phi) is 4.98. The van der Waals surface area contributed by atoms with E-state index >= 15 is 0 Å². The molecule has 1 atom stereocenters. The van der Waals surface area contributed by atoms with E-state index in [2.05, 4.69) is 11.1 Å². The van der Waals surface area contributed by atoms with Gasteiger partial charge < -0.3 is 9.64 Å². The molecule has 3 heterocycles. The summed E-state index contributed by atoms with van der Waals surface area (Å²) in [7, 11) is 0. The molecule has 4 rings (SSSR count). The second-order valence-electron chi connectivity index (χ2n) is 7.10. The number of halogens is 2. The summed E-state index contributed by atoms with van der Waals surface area (Å²) in [4.78, 5) is 19.8. The number of hydrogen-bond acceptors (Lipinski definition) is 4. The van der Waals surface area contributed by atoms with E-state index in [9.17, 15) is 10.1 Å². The molecule has 1 amide bonds. The van der Waals surface area contributed by atoms with Crippen LogP contribution >= 0.6 is 23.2 Å². The lowest BCUT2D eigenvalue weighted by Crippen LogP contribution is -2.39. The van der Waals surface area contributed by atoms with Crippen molar-refractivity contribution >= 4 is 29.1 Å². The molecule has 1 aromatic rings. The molecule has 0 saturated carbocycles. The third-order valence-electron chi connectivity index (χ3n) is 5.54. The first kappa shape index (κ1) is 18.5. The monoisotopic (exact) mass is 403 g/mol. The van der Waals surface area contributed by atoms with Crippen LogP contribution in [0.1, 0.15) is 58.1 Å². The highest BCUT2D eigenvalue weighted by Gasteiger charge is 2.40. The Morgan fingerprint density at radius 3 is 2.74 bits per heavy atom.